The second-order valence-corrected chi connectivity index (χ2v) is 14.7. The minimum atomic E-state index is -0.293. The number of carbonyl (C=O) groups excluding carboxylic acids is 3. The van der Waals surface area contributed by atoms with Gasteiger partial charge in [0.25, 0.3) is 0 Å². The Labute approximate surface area is 251 Å². The number of esters is 1. The molecule has 0 saturated heterocycles. The van der Waals surface area contributed by atoms with Crippen LogP contribution in [0, 0.1) is 28.6 Å². The van der Waals surface area contributed by atoms with Crippen LogP contribution in [0.15, 0.2) is 11.6 Å². The predicted molar refractivity (Wildman–Crippen MR) is 167 cm³/mol. The number of rotatable bonds is 17. The summed E-state index contributed by atoms with van der Waals surface area (Å²) in [4.78, 5) is 38.7. The van der Waals surface area contributed by atoms with Crippen LogP contribution in [0.1, 0.15) is 168 Å². The third-order valence-corrected chi connectivity index (χ3v) is 11.9. The van der Waals surface area contributed by atoms with Crippen molar-refractivity contribution in [2.45, 2.75) is 175 Å². The molecule has 3 saturated carbocycles. The van der Waals surface area contributed by atoms with Gasteiger partial charge in [0.15, 0.2) is 5.78 Å². The first kappa shape index (κ1) is 32.5. The Morgan fingerprint density at radius 2 is 1.29 bits per heavy atom. The maximum Gasteiger partial charge on any atom is 0.306 e. The normalized spacial score (nSPS) is 32.7. The summed E-state index contributed by atoms with van der Waals surface area (Å²) in [5.74, 6) is 1.08. The molecule has 232 valence electrons. The van der Waals surface area contributed by atoms with Crippen LogP contribution in [0.3, 0.4) is 0 Å². The first-order chi connectivity index (χ1) is 19.8. The lowest BCUT2D eigenvalue weighted by Crippen LogP contribution is -2.53. The highest BCUT2D eigenvalue weighted by Gasteiger charge is 2.61. The van der Waals surface area contributed by atoms with Gasteiger partial charge in [-0.05, 0) is 61.9 Å². The Morgan fingerprint density at radius 3 is 1.90 bits per heavy atom. The third kappa shape index (κ3) is 7.94. The molecule has 0 N–H and O–H groups in total. The van der Waals surface area contributed by atoms with E-state index in [1.54, 1.807) is 0 Å². The molecule has 0 amide bonds. The number of unbranched alkanes of at least 4 members (excludes halogenated alkanes) is 14. The molecule has 0 aromatic rings. The number of allylic oxidation sites excluding steroid dienone is 1. The van der Waals surface area contributed by atoms with Gasteiger partial charge in [-0.25, -0.2) is 0 Å². The summed E-state index contributed by atoms with van der Waals surface area (Å²) in [7, 11) is 0. The molecule has 4 nitrogen and oxygen atoms in total. The van der Waals surface area contributed by atoms with Crippen molar-refractivity contribution in [2.75, 3.05) is 0 Å². The molecule has 0 aliphatic heterocycles. The van der Waals surface area contributed by atoms with Crippen molar-refractivity contribution in [1.82, 2.24) is 0 Å². The van der Waals surface area contributed by atoms with Gasteiger partial charge in [-0.2, -0.15) is 0 Å². The lowest BCUT2D eigenvalue weighted by Gasteiger charge is -2.56. The number of hydrogen-bond donors (Lipinski definition) is 0. The fourth-order valence-corrected chi connectivity index (χ4v) is 9.13. The summed E-state index contributed by atoms with van der Waals surface area (Å²) in [6.07, 6.45) is 28.1. The Hall–Kier alpha value is -1.45. The molecule has 0 aromatic carbocycles. The average molecular weight is 569 g/mol. The lowest BCUT2D eigenvalue weighted by molar-refractivity contribution is -0.152. The highest BCUT2D eigenvalue weighted by molar-refractivity contribution is 5.96. The highest BCUT2D eigenvalue weighted by atomic mass is 16.5. The first-order valence-corrected chi connectivity index (χ1v) is 17.8. The van der Waals surface area contributed by atoms with Crippen molar-refractivity contribution in [3.05, 3.63) is 11.6 Å². The van der Waals surface area contributed by atoms with Crippen molar-refractivity contribution in [2.24, 2.45) is 28.6 Å². The van der Waals surface area contributed by atoms with Crippen LogP contribution in [-0.2, 0) is 19.1 Å². The third-order valence-electron chi connectivity index (χ3n) is 11.9. The van der Waals surface area contributed by atoms with Crippen LogP contribution in [-0.4, -0.2) is 23.6 Å². The van der Waals surface area contributed by atoms with Gasteiger partial charge in [-0.1, -0.05) is 116 Å². The molecule has 0 bridgehead atoms. The monoisotopic (exact) mass is 568 g/mol. The number of Topliss-reactive ketones (excluding diaryl/α,β-unsaturated/α-hetero) is 1. The van der Waals surface area contributed by atoms with Crippen molar-refractivity contribution in [3.8, 4) is 0 Å². The van der Waals surface area contributed by atoms with E-state index in [-0.39, 0.29) is 40.5 Å². The zero-order chi connectivity index (χ0) is 29.3. The molecule has 4 aliphatic carbocycles. The van der Waals surface area contributed by atoms with Gasteiger partial charge in [0.05, 0.1) is 0 Å². The van der Waals surface area contributed by atoms with Crippen LogP contribution in [0.25, 0.3) is 0 Å². The Morgan fingerprint density at radius 1 is 0.756 bits per heavy atom. The van der Waals surface area contributed by atoms with Crippen LogP contribution in [0.2, 0.25) is 0 Å². The SMILES string of the molecule is CCCCCCCCCCCCCCCCCC(=O)O[C@H]1CC[C@@]2(C)C(=CC(=O)[C@@H]3[C@@H]2CC[C@]2(C)C(=O)CC[C@@H]32)C1. The largest absolute Gasteiger partial charge is 0.462 e. The van der Waals surface area contributed by atoms with E-state index >= 15 is 0 Å². The number of ketones is 2. The van der Waals surface area contributed by atoms with Gasteiger partial charge in [0.1, 0.15) is 11.9 Å². The van der Waals surface area contributed by atoms with Crippen LogP contribution < -0.4 is 0 Å². The molecule has 3 fully saturated rings. The van der Waals surface area contributed by atoms with E-state index in [9.17, 15) is 14.4 Å². The zero-order valence-electron chi connectivity index (χ0n) is 26.8. The molecule has 0 unspecified atom stereocenters. The fraction of sp³-hybridized carbons (Fsp3) is 0.865. The summed E-state index contributed by atoms with van der Waals surface area (Å²) in [6.45, 7) is 6.74. The van der Waals surface area contributed by atoms with E-state index in [2.05, 4.69) is 20.8 Å². The van der Waals surface area contributed by atoms with Gasteiger partial charge < -0.3 is 4.74 Å². The number of ether oxygens (including phenoxy) is 1. The minimum Gasteiger partial charge on any atom is -0.462 e. The number of fused-ring (bicyclic) bond motifs is 5. The Bertz CT molecular complexity index is 920. The summed E-state index contributed by atoms with van der Waals surface area (Å²) in [5, 5.41) is 0. The summed E-state index contributed by atoms with van der Waals surface area (Å²) in [6, 6.07) is 0. The van der Waals surface area contributed by atoms with Gasteiger partial charge in [0, 0.05) is 30.6 Å². The molecule has 4 rings (SSSR count). The van der Waals surface area contributed by atoms with Crippen molar-refractivity contribution < 1.29 is 19.1 Å². The Kier molecular flexibility index (Phi) is 12.1. The van der Waals surface area contributed by atoms with Gasteiger partial charge in [-0.15, -0.1) is 0 Å². The standard InChI is InChI=1S/C37H60O4/c1-4-5-6-7-8-9-10-11-12-13-14-15-16-17-18-19-34(40)41-29-22-24-36(2)28(26-29)27-32(38)35-30-20-21-33(39)37(30,3)25-23-31(35)36/h27,29-31,35H,4-26H2,1-3H3/t29-,30-,31-,35-,36-,37-/m0/s1. The molecule has 6 atom stereocenters. The maximum absolute atomic E-state index is 13.4. The average Bonchev–Trinajstić information content (AvgIpc) is 3.25. The second-order valence-electron chi connectivity index (χ2n) is 14.7. The van der Waals surface area contributed by atoms with Crippen LogP contribution >= 0.6 is 0 Å². The first-order valence-electron chi connectivity index (χ1n) is 17.8. The van der Waals surface area contributed by atoms with E-state index in [0.717, 1.165) is 44.9 Å². The van der Waals surface area contributed by atoms with E-state index in [1.807, 2.05) is 6.08 Å². The molecule has 0 spiro atoms. The maximum atomic E-state index is 13.4. The Balaban J connectivity index is 1.08. The second kappa shape index (κ2) is 15.3. The number of hydrogen-bond acceptors (Lipinski definition) is 4. The summed E-state index contributed by atoms with van der Waals surface area (Å²) >= 11 is 0. The molecule has 4 aliphatic rings. The molecule has 4 heteroatoms. The smallest absolute Gasteiger partial charge is 0.306 e. The van der Waals surface area contributed by atoms with Crippen molar-refractivity contribution in [3.63, 3.8) is 0 Å². The molecule has 0 radical (unpaired) electrons. The van der Waals surface area contributed by atoms with Gasteiger partial charge in [-0.3, -0.25) is 14.4 Å². The van der Waals surface area contributed by atoms with Crippen LogP contribution in [0.4, 0.5) is 0 Å². The van der Waals surface area contributed by atoms with Gasteiger partial charge >= 0.3 is 5.97 Å². The summed E-state index contributed by atoms with van der Waals surface area (Å²) in [5.41, 5.74) is 0.911. The van der Waals surface area contributed by atoms with Crippen molar-refractivity contribution in [1.29, 1.82) is 0 Å². The molecule has 0 heterocycles. The highest BCUT2D eigenvalue weighted by Crippen LogP contribution is 2.63. The lowest BCUT2D eigenvalue weighted by atomic mass is 9.48. The molecular formula is C37H60O4. The predicted octanol–water partition coefficient (Wildman–Crippen LogP) is 9.87. The minimum absolute atomic E-state index is 0.00171. The molecular weight excluding hydrogens is 508 g/mol. The zero-order valence-corrected chi connectivity index (χ0v) is 26.8. The number of carbonyl (C=O) groups is 3. The van der Waals surface area contributed by atoms with E-state index in [0.29, 0.717) is 31.0 Å². The van der Waals surface area contributed by atoms with E-state index in [4.69, 9.17) is 4.74 Å². The van der Waals surface area contributed by atoms with Crippen molar-refractivity contribution >= 4 is 17.5 Å². The fourth-order valence-electron chi connectivity index (χ4n) is 9.13. The van der Waals surface area contributed by atoms with Gasteiger partial charge in [0.2, 0.25) is 0 Å². The van der Waals surface area contributed by atoms with E-state index in [1.165, 1.54) is 89.0 Å². The molecule has 0 aromatic heterocycles. The molecule has 41 heavy (non-hydrogen) atoms. The van der Waals surface area contributed by atoms with Crippen LogP contribution in [0.5, 0.6) is 0 Å². The topological polar surface area (TPSA) is 60.4 Å². The summed E-state index contributed by atoms with van der Waals surface area (Å²) < 4.78 is 5.94. The van der Waals surface area contributed by atoms with E-state index < -0.39 is 0 Å². The quantitative estimate of drug-likeness (QED) is 0.129.